The number of sulfonamides is 1. The van der Waals surface area contributed by atoms with Crippen LogP contribution in [0.15, 0.2) is 0 Å². The highest BCUT2D eigenvalue weighted by molar-refractivity contribution is 7.88. The molecule has 0 aliphatic carbocycles. The van der Waals surface area contributed by atoms with Crippen LogP contribution in [0.2, 0.25) is 0 Å². The van der Waals surface area contributed by atoms with Gasteiger partial charge in [0.2, 0.25) is 10.0 Å². The first-order chi connectivity index (χ1) is 9.19. The van der Waals surface area contributed by atoms with E-state index in [1.165, 1.54) is 10.6 Å². The molecule has 1 unspecified atom stereocenters. The average molecular weight is 307 g/mol. The third-order valence-corrected chi connectivity index (χ3v) is 5.07. The molecule has 1 atom stereocenters. The number of carboxylic acids is 1. The van der Waals surface area contributed by atoms with Crippen LogP contribution in [0.25, 0.3) is 0 Å². The molecule has 0 bridgehead atoms. The first-order valence-corrected chi connectivity index (χ1v) is 8.70. The molecule has 20 heavy (non-hydrogen) atoms. The van der Waals surface area contributed by atoms with Crippen LogP contribution in [0, 0.1) is 0 Å². The van der Waals surface area contributed by atoms with Gasteiger partial charge in [-0.3, -0.25) is 4.79 Å². The predicted octanol–water partition coefficient (Wildman–Crippen LogP) is -0.593. The second-order valence-electron chi connectivity index (χ2n) is 5.42. The molecule has 1 saturated heterocycles. The molecule has 1 aliphatic heterocycles. The Bertz CT molecular complexity index is 432. The average Bonchev–Trinajstić information content (AvgIpc) is 2.36. The highest BCUT2D eigenvalue weighted by atomic mass is 32.2. The molecular formula is C12H25N3O4S. The van der Waals surface area contributed by atoms with Gasteiger partial charge >= 0.3 is 5.97 Å². The smallest absolute Gasteiger partial charge is 0.323 e. The lowest BCUT2D eigenvalue weighted by atomic mass is 9.97. The lowest BCUT2D eigenvalue weighted by Crippen LogP contribution is -2.53. The zero-order valence-corrected chi connectivity index (χ0v) is 13.2. The molecule has 1 aliphatic rings. The van der Waals surface area contributed by atoms with Crippen molar-refractivity contribution in [1.29, 1.82) is 0 Å². The highest BCUT2D eigenvalue weighted by Gasteiger charge is 2.33. The SMILES string of the molecule is CCNC(C)(CCN1CCN(S(C)(=O)=O)CC1)C(=O)O. The fourth-order valence-electron chi connectivity index (χ4n) is 2.33. The highest BCUT2D eigenvalue weighted by Crippen LogP contribution is 2.13. The minimum Gasteiger partial charge on any atom is -0.480 e. The molecule has 0 spiro atoms. The first kappa shape index (κ1) is 17.4. The lowest BCUT2D eigenvalue weighted by Gasteiger charge is -2.35. The van der Waals surface area contributed by atoms with Crippen LogP contribution in [0.5, 0.6) is 0 Å². The molecular weight excluding hydrogens is 282 g/mol. The second kappa shape index (κ2) is 6.84. The maximum absolute atomic E-state index is 11.4. The largest absolute Gasteiger partial charge is 0.480 e. The van der Waals surface area contributed by atoms with Crippen molar-refractivity contribution in [2.75, 3.05) is 45.5 Å². The summed E-state index contributed by atoms with van der Waals surface area (Å²) in [4.78, 5) is 13.4. The van der Waals surface area contributed by atoms with Crippen molar-refractivity contribution in [2.24, 2.45) is 0 Å². The van der Waals surface area contributed by atoms with Gasteiger partial charge in [-0.1, -0.05) is 6.92 Å². The van der Waals surface area contributed by atoms with Gasteiger partial charge in [-0.2, -0.15) is 4.31 Å². The van der Waals surface area contributed by atoms with Gasteiger partial charge in [-0.05, 0) is 19.9 Å². The van der Waals surface area contributed by atoms with Crippen molar-refractivity contribution < 1.29 is 18.3 Å². The molecule has 1 heterocycles. The summed E-state index contributed by atoms with van der Waals surface area (Å²) in [6.45, 7) is 7.06. The van der Waals surface area contributed by atoms with Crippen LogP contribution in [0.1, 0.15) is 20.3 Å². The maximum Gasteiger partial charge on any atom is 0.323 e. The van der Waals surface area contributed by atoms with E-state index in [0.717, 1.165) is 0 Å². The van der Waals surface area contributed by atoms with E-state index in [0.29, 0.717) is 45.7 Å². The zero-order valence-electron chi connectivity index (χ0n) is 12.4. The summed E-state index contributed by atoms with van der Waals surface area (Å²) in [5.41, 5.74) is -0.928. The van der Waals surface area contributed by atoms with Gasteiger partial charge in [0.15, 0.2) is 0 Å². The molecule has 1 rings (SSSR count). The lowest BCUT2D eigenvalue weighted by molar-refractivity contribution is -0.144. The fourth-order valence-corrected chi connectivity index (χ4v) is 3.15. The Morgan fingerprint density at radius 3 is 2.25 bits per heavy atom. The summed E-state index contributed by atoms with van der Waals surface area (Å²) in [5, 5.41) is 12.3. The van der Waals surface area contributed by atoms with Crippen LogP contribution in [-0.2, 0) is 14.8 Å². The zero-order chi connectivity index (χ0) is 15.4. The number of nitrogens with zero attached hydrogens (tertiary/aromatic N) is 2. The van der Waals surface area contributed by atoms with Crippen molar-refractivity contribution in [1.82, 2.24) is 14.5 Å². The summed E-state index contributed by atoms with van der Waals surface area (Å²) in [6.07, 6.45) is 1.71. The molecule has 118 valence electrons. The van der Waals surface area contributed by atoms with Gasteiger partial charge in [0.25, 0.3) is 0 Å². The molecule has 1 fully saturated rings. The molecule has 0 amide bonds. The van der Waals surface area contributed by atoms with Crippen LogP contribution < -0.4 is 5.32 Å². The normalized spacial score (nSPS) is 21.6. The number of hydrogen-bond acceptors (Lipinski definition) is 5. The number of carboxylic acid groups (broad SMARTS) is 1. The molecule has 7 nitrogen and oxygen atoms in total. The van der Waals surface area contributed by atoms with Gasteiger partial charge in [0.1, 0.15) is 5.54 Å². The van der Waals surface area contributed by atoms with E-state index in [1.807, 2.05) is 6.92 Å². The van der Waals surface area contributed by atoms with Gasteiger partial charge in [0.05, 0.1) is 6.26 Å². The van der Waals surface area contributed by atoms with Crippen molar-refractivity contribution in [3.05, 3.63) is 0 Å². The Kier molecular flexibility index (Phi) is 5.93. The Morgan fingerprint density at radius 1 is 1.30 bits per heavy atom. The number of likely N-dealkylation sites (N-methyl/N-ethyl adjacent to an activating group) is 1. The molecule has 8 heteroatoms. The Morgan fingerprint density at radius 2 is 1.85 bits per heavy atom. The van der Waals surface area contributed by atoms with Crippen LogP contribution in [0.3, 0.4) is 0 Å². The quantitative estimate of drug-likeness (QED) is 0.653. The van der Waals surface area contributed by atoms with Crippen LogP contribution in [-0.4, -0.2) is 79.8 Å². The topological polar surface area (TPSA) is 90.0 Å². The summed E-state index contributed by atoms with van der Waals surface area (Å²) in [7, 11) is -3.11. The number of aliphatic carboxylic acids is 1. The summed E-state index contributed by atoms with van der Waals surface area (Å²) >= 11 is 0. The third-order valence-electron chi connectivity index (χ3n) is 3.77. The fraction of sp³-hybridized carbons (Fsp3) is 0.917. The minimum absolute atomic E-state index is 0.476. The molecule has 0 aromatic carbocycles. The number of carbonyl (C=O) groups is 1. The monoisotopic (exact) mass is 307 g/mol. The van der Waals surface area contributed by atoms with Crippen molar-refractivity contribution in [3.8, 4) is 0 Å². The van der Waals surface area contributed by atoms with Crippen molar-refractivity contribution in [2.45, 2.75) is 25.8 Å². The van der Waals surface area contributed by atoms with Gasteiger partial charge < -0.3 is 15.3 Å². The van der Waals surface area contributed by atoms with E-state index in [9.17, 15) is 18.3 Å². The first-order valence-electron chi connectivity index (χ1n) is 6.85. The van der Waals surface area contributed by atoms with Gasteiger partial charge in [-0.25, -0.2) is 8.42 Å². The van der Waals surface area contributed by atoms with Crippen molar-refractivity contribution >= 4 is 16.0 Å². The summed E-state index contributed by atoms with van der Waals surface area (Å²) < 4.78 is 24.3. The van der Waals surface area contributed by atoms with Crippen LogP contribution in [0.4, 0.5) is 0 Å². The second-order valence-corrected chi connectivity index (χ2v) is 7.40. The van der Waals surface area contributed by atoms with E-state index >= 15 is 0 Å². The Balaban J connectivity index is 2.46. The van der Waals surface area contributed by atoms with Crippen LogP contribution >= 0.6 is 0 Å². The molecule has 0 saturated carbocycles. The van der Waals surface area contributed by atoms with E-state index in [-0.39, 0.29) is 0 Å². The van der Waals surface area contributed by atoms with Gasteiger partial charge in [0, 0.05) is 32.7 Å². The number of rotatable bonds is 7. The summed E-state index contributed by atoms with van der Waals surface area (Å²) in [5.74, 6) is -0.853. The summed E-state index contributed by atoms with van der Waals surface area (Å²) in [6, 6.07) is 0. The molecule has 0 aromatic heterocycles. The van der Waals surface area contributed by atoms with E-state index in [1.54, 1.807) is 6.92 Å². The van der Waals surface area contributed by atoms with E-state index < -0.39 is 21.5 Å². The Labute approximate surface area is 121 Å². The number of nitrogens with one attached hydrogen (secondary N) is 1. The molecule has 2 N–H and O–H groups in total. The van der Waals surface area contributed by atoms with E-state index in [2.05, 4.69) is 10.2 Å². The number of hydrogen-bond donors (Lipinski definition) is 2. The standard InChI is InChI=1S/C12H25N3O4S/c1-4-13-12(2,11(16)17)5-6-14-7-9-15(10-8-14)20(3,18)19/h13H,4-10H2,1-3H3,(H,16,17). The van der Waals surface area contributed by atoms with Crippen molar-refractivity contribution in [3.63, 3.8) is 0 Å². The number of piperazine rings is 1. The van der Waals surface area contributed by atoms with E-state index in [4.69, 9.17) is 0 Å². The molecule has 0 radical (unpaired) electrons. The van der Waals surface area contributed by atoms with Gasteiger partial charge in [-0.15, -0.1) is 0 Å². The maximum atomic E-state index is 11.4. The molecule has 0 aromatic rings. The minimum atomic E-state index is -3.11. The Hall–Kier alpha value is -0.700. The predicted molar refractivity (Wildman–Crippen MR) is 77.2 cm³/mol. The third kappa shape index (κ3) is 4.69.